The predicted molar refractivity (Wildman–Crippen MR) is 258 cm³/mol. The van der Waals surface area contributed by atoms with E-state index in [4.69, 9.17) is 0 Å². The standard InChI is InChI=1S/C27H26N6O2S.C23H24N4O2S.CH4/c34-23(14-20-5-1-3-9-28-20)16-22-7-8-25(31-30-22)19-11-18(12-19)13-26-32-33-27(36-26)17-24(35)15-21-6-2-4-10-29-21;1-15(28)25-23-24-14-22(30-23)18-9-17(10-18)11-19-7-8-20(27-26-19)13-21(29)12-16-5-3-2-4-6-16;/h1-10,18-19H,11-17H2;2-8,14,17-18H,9-13H2,1H3,(H,24,25,28);1H4. The Hall–Kier alpha value is -6.65. The van der Waals surface area contributed by atoms with Crippen LogP contribution in [0.3, 0.4) is 0 Å². The van der Waals surface area contributed by atoms with Crippen molar-refractivity contribution >= 4 is 51.1 Å². The molecule has 2 aliphatic rings. The van der Waals surface area contributed by atoms with Crippen molar-refractivity contribution in [2.24, 2.45) is 11.8 Å². The Morgan fingerprint density at radius 2 is 1.07 bits per heavy atom. The molecule has 2 fully saturated rings. The van der Waals surface area contributed by atoms with Gasteiger partial charge in [0.1, 0.15) is 27.4 Å². The first-order chi connectivity index (χ1) is 32.1. The van der Waals surface area contributed by atoms with Crippen molar-refractivity contribution in [3.63, 3.8) is 0 Å². The molecule has 0 unspecified atom stereocenters. The first-order valence-corrected chi connectivity index (χ1v) is 23.9. The summed E-state index contributed by atoms with van der Waals surface area (Å²) in [5.74, 6) is 2.24. The average molecular weight is 935 g/mol. The van der Waals surface area contributed by atoms with E-state index in [9.17, 15) is 19.2 Å². The van der Waals surface area contributed by atoms with Crippen LogP contribution in [0.4, 0.5) is 5.13 Å². The maximum absolute atomic E-state index is 12.3. The van der Waals surface area contributed by atoms with Gasteiger partial charge in [0.25, 0.3) is 0 Å². The van der Waals surface area contributed by atoms with Crippen LogP contribution in [0.5, 0.6) is 0 Å². The fraction of sp³-hybridized carbons (Fsp3) is 0.353. The monoisotopic (exact) mass is 934 g/mol. The number of aromatic nitrogens is 9. The van der Waals surface area contributed by atoms with Gasteiger partial charge in [0.2, 0.25) is 5.91 Å². The lowest BCUT2D eigenvalue weighted by Gasteiger charge is -2.34. The normalized spacial score (nSPS) is 17.1. The molecule has 344 valence electrons. The lowest BCUT2D eigenvalue weighted by atomic mass is 9.72. The molecule has 7 aromatic rings. The molecule has 0 atom stereocenters. The molecule has 6 aromatic heterocycles. The zero-order valence-corrected chi connectivity index (χ0v) is 38.3. The average Bonchev–Trinajstić information content (AvgIpc) is 3.94. The summed E-state index contributed by atoms with van der Waals surface area (Å²) >= 11 is 3.09. The van der Waals surface area contributed by atoms with Crippen molar-refractivity contribution < 1.29 is 19.2 Å². The first kappa shape index (κ1) is 48.3. The second-order valence-corrected chi connectivity index (χ2v) is 19.3. The van der Waals surface area contributed by atoms with Crippen LogP contribution in [0, 0.1) is 11.8 Å². The maximum Gasteiger partial charge on any atom is 0.223 e. The van der Waals surface area contributed by atoms with Gasteiger partial charge in [-0.05, 0) is 104 Å². The summed E-state index contributed by atoms with van der Waals surface area (Å²) in [6.07, 6.45) is 13.2. The van der Waals surface area contributed by atoms with Crippen LogP contribution in [0.2, 0.25) is 0 Å². The Bertz CT molecular complexity index is 2690. The summed E-state index contributed by atoms with van der Waals surface area (Å²) in [6.45, 7) is 1.49. The number of carbonyl (C=O) groups excluding carboxylic acids is 4. The van der Waals surface area contributed by atoms with E-state index in [1.54, 1.807) is 23.7 Å². The van der Waals surface area contributed by atoms with Crippen LogP contribution in [0.25, 0.3) is 0 Å². The topological polar surface area (TPSA) is 196 Å². The van der Waals surface area contributed by atoms with Crippen molar-refractivity contribution in [1.82, 2.24) is 45.5 Å². The molecular weight excluding hydrogens is 881 g/mol. The molecule has 2 aliphatic carbocycles. The Morgan fingerprint density at radius 1 is 0.522 bits per heavy atom. The predicted octanol–water partition coefficient (Wildman–Crippen LogP) is 8.18. The van der Waals surface area contributed by atoms with E-state index in [-0.39, 0.29) is 37.1 Å². The summed E-state index contributed by atoms with van der Waals surface area (Å²) in [5, 5.41) is 30.9. The number of ketones is 3. The number of nitrogens with zero attached hydrogens (tertiary/aromatic N) is 9. The number of carbonyl (C=O) groups is 4. The molecule has 67 heavy (non-hydrogen) atoms. The zero-order valence-electron chi connectivity index (χ0n) is 36.7. The van der Waals surface area contributed by atoms with Crippen molar-refractivity contribution in [3.05, 3.63) is 164 Å². The molecular formula is C51H54N10O4S2. The van der Waals surface area contributed by atoms with Gasteiger partial charge in [0.15, 0.2) is 5.13 Å². The lowest BCUT2D eigenvalue weighted by molar-refractivity contribution is -0.118. The van der Waals surface area contributed by atoms with Gasteiger partial charge in [0.05, 0.1) is 42.0 Å². The molecule has 6 heterocycles. The molecule has 1 N–H and O–H groups in total. The summed E-state index contributed by atoms with van der Waals surface area (Å²) in [7, 11) is 0. The third kappa shape index (κ3) is 14.7. The third-order valence-corrected chi connectivity index (χ3v) is 13.7. The number of anilines is 1. The molecule has 0 radical (unpaired) electrons. The minimum atomic E-state index is -0.0915. The Kier molecular flexibility index (Phi) is 17.1. The van der Waals surface area contributed by atoms with Gasteiger partial charge in [-0.15, -0.1) is 32.9 Å². The Balaban J connectivity index is 0.000000199. The molecule has 0 spiro atoms. The van der Waals surface area contributed by atoms with Crippen LogP contribution in [0.15, 0.2) is 110 Å². The van der Waals surface area contributed by atoms with Gasteiger partial charge < -0.3 is 5.32 Å². The third-order valence-electron chi connectivity index (χ3n) is 11.6. The van der Waals surface area contributed by atoms with Gasteiger partial charge in [-0.25, -0.2) is 4.98 Å². The number of benzene rings is 1. The number of hydrogen-bond donors (Lipinski definition) is 1. The van der Waals surface area contributed by atoms with E-state index in [1.807, 2.05) is 97.2 Å². The quantitative estimate of drug-likeness (QED) is 0.0816. The fourth-order valence-corrected chi connectivity index (χ4v) is 10.2. The number of pyridine rings is 2. The van der Waals surface area contributed by atoms with E-state index in [0.717, 1.165) is 82.6 Å². The number of hydrogen-bond acceptors (Lipinski definition) is 15. The molecule has 14 nitrogen and oxygen atoms in total. The highest BCUT2D eigenvalue weighted by Crippen LogP contribution is 2.45. The SMILES string of the molecule is C.CC(=O)Nc1ncc(C2CC(Cc3ccc(CC(=O)Cc4ccccc4)nn3)C2)s1.O=C(Cc1ccccn1)Cc1ccc(C2CC(Cc3nnc(CC(=O)Cc4ccccn4)s3)C2)nn1. The van der Waals surface area contributed by atoms with Crippen molar-refractivity contribution in [2.75, 3.05) is 5.32 Å². The highest BCUT2D eigenvalue weighted by Gasteiger charge is 2.33. The molecule has 0 saturated heterocycles. The Labute approximate surface area is 398 Å². The van der Waals surface area contributed by atoms with E-state index in [2.05, 4.69) is 50.9 Å². The second kappa shape index (κ2) is 23.7. The minimum Gasteiger partial charge on any atom is -0.302 e. The van der Waals surface area contributed by atoms with Gasteiger partial charge in [-0.2, -0.15) is 20.4 Å². The molecule has 9 rings (SSSR count). The number of thiazole rings is 1. The second-order valence-electron chi connectivity index (χ2n) is 17.1. The summed E-state index contributed by atoms with van der Waals surface area (Å²) < 4.78 is 0. The molecule has 16 heteroatoms. The molecule has 2 saturated carbocycles. The summed E-state index contributed by atoms with van der Waals surface area (Å²) in [6, 6.07) is 28.7. The number of amides is 1. The van der Waals surface area contributed by atoms with Crippen LogP contribution in [-0.2, 0) is 70.5 Å². The molecule has 0 aliphatic heterocycles. The highest BCUT2D eigenvalue weighted by molar-refractivity contribution is 7.15. The Morgan fingerprint density at radius 3 is 1.69 bits per heavy atom. The smallest absolute Gasteiger partial charge is 0.223 e. The van der Waals surface area contributed by atoms with Crippen molar-refractivity contribution in [1.29, 1.82) is 0 Å². The van der Waals surface area contributed by atoms with Crippen LogP contribution >= 0.6 is 22.7 Å². The number of Topliss-reactive ketones (excluding diaryl/α,β-unsaturated/α-hetero) is 3. The van der Waals surface area contributed by atoms with Crippen LogP contribution in [0.1, 0.15) is 106 Å². The highest BCUT2D eigenvalue weighted by atomic mass is 32.1. The fourth-order valence-electron chi connectivity index (χ4n) is 8.21. The van der Waals surface area contributed by atoms with Gasteiger partial charge in [-0.1, -0.05) is 49.9 Å². The first-order valence-electron chi connectivity index (χ1n) is 22.2. The van der Waals surface area contributed by atoms with Gasteiger partial charge in [0, 0.05) is 73.4 Å². The van der Waals surface area contributed by atoms with E-state index >= 15 is 0 Å². The van der Waals surface area contributed by atoms with Crippen LogP contribution < -0.4 is 5.32 Å². The number of nitrogens with one attached hydrogen (secondary N) is 1. The van der Waals surface area contributed by atoms with E-state index in [0.29, 0.717) is 66.6 Å². The zero-order chi connectivity index (χ0) is 45.7. The maximum atomic E-state index is 12.3. The summed E-state index contributed by atoms with van der Waals surface area (Å²) in [5.41, 5.74) is 5.94. The summed E-state index contributed by atoms with van der Waals surface area (Å²) in [4.78, 5) is 61.9. The lowest BCUT2D eigenvalue weighted by Crippen LogP contribution is -2.25. The van der Waals surface area contributed by atoms with E-state index in [1.165, 1.54) is 23.1 Å². The molecule has 0 bridgehead atoms. The van der Waals surface area contributed by atoms with Crippen molar-refractivity contribution in [3.8, 4) is 0 Å². The largest absolute Gasteiger partial charge is 0.302 e. The number of rotatable bonds is 19. The molecule has 1 amide bonds. The van der Waals surface area contributed by atoms with Crippen LogP contribution in [-0.4, -0.2) is 68.8 Å². The van der Waals surface area contributed by atoms with E-state index < -0.39 is 0 Å². The minimum absolute atomic E-state index is 0. The molecule has 1 aromatic carbocycles. The van der Waals surface area contributed by atoms with Gasteiger partial charge >= 0.3 is 0 Å². The van der Waals surface area contributed by atoms with Gasteiger partial charge in [-0.3, -0.25) is 29.1 Å². The van der Waals surface area contributed by atoms with Crippen molar-refractivity contribution in [2.45, 2.75) is 103 Å².